The SMILES string of the molecule is CNC(C)c1nnn(-c2cc(Br)c(F)cc2C)c1C. The monoisotopic (exact) mass is 326 g/mol. The van der Waals surface area contributed by atoms with Crippen LogP contribution < -0.4 is 5.32 Å². The van der Waals surface area contributed by atoms with Crippen LogP contribution in [0.4, 0.5) is 4.39 Å². The number of aryl methyl sites for hydroxylation is 1. The maximum atomic E-state index is 13.5. The number of benzene rings is 1. The summed E-state index contributed by atoms with van der Waals surface area (Å²) in [5.74, 6) is -0.275. The van der Waals surface area contributed by atoms with Gasteiger partial charge in [-0.1, -0.05) is 5.21 Å². The fourth-order valence-corrected chi connectivity index (χ4v) is 2.30. The second-order valence-electron chi connectivity index (χ2n) is 4.54. The molecule has 0 aliphatic carbocycles. The van der Waals surface area contributed by atoms with Crippen LogP contribution in [0.2, 0.25) is 0 Å². The van der Waals surface area contributed by atoms with Crippen LogP contribution in [0, 0.1) is 19.7 Å². The Hall–Kier alpha value is -1.27. The molecule has 0 bridgehead atoms. The molecule has 0 aliphatic heterocycles. The highest BCUT2D eigenvalue weighted by Gasteiger charge is 2.16. The smallest absolute Gasteiger partial charge is 0.137 e. The maximum absolute atomic E-state index is 13.5. The molecule has 1 aromatic heterocycles. The van der Waals surface area contributed by atoms with E-state index in [0.29, 0.717) is 4.47 Å². The van der Waals surface area contributed by atoms with E-state index < -0.39 is 0 Å². The molecule has 0 radical (unpaired) electrons. The lowest BCUT2D eigenvalue weighted by molar-refractivity contribution is 0.618. The molecule has 1 heterocycles. The Morgan fingerprint density at radius 1 is 1.37 bits per heavy atom. The Bertz CT molecular complexity index is 609. The van der Waals surface area contributed by atoms with Crippen LogP contribution in [0.15, 0.2) is 16.6 Å². The fraction of sp³-hybridized carbons (Fsp3) is 0.385. The van der Waals surface area contributed by atoms with E-state index >= 15 is 0 Å². The normalized spacial score (nSPS) is 12.7. The molecular formula is C13H16BrFN4. The topological polar surface area (TPSA) is 42.7 Å². The van der Waals surface area contributed by atoms with Crippen molar-refractivity contribution in [2.45, 2.75) is 26.8 Å². The van der Waals surface area contributed by atoms with E-state index in [-0.39, 0.29) is 11.9 Å². The van der Waals surface area contributed by atoms with Crippen molar-refractivity contribution in [3.05, 3.63) is 39.4 Å². The zero-order valence-electron chi connectivity index (χ0n) is 11.3. The lowest BCUT2D eigenvalue weighted by Gasteiger charge is -2.10. The highest BCUT2D eigenvalue weighted by molar-refractivity contribution is 9.10. The summed E-state index contributed by atoms with van der Waals surface area (Å²) in [5, 5.41) is 11.5. The molecule has 0 saturated heterocycles. The van der Waals surface area contributed by atoms with E-state index in [1.165, 1.54) is 6.07 Å². The number of nitrogens with one attached hydrogen (secondary N) is 1. The molecule has 1 N–H and O–H groups in total. The third-order valence-electron chi connectivity index (χ3n) is 3.24. The van der Waals surface area contributed by atoms with Crippen molar-refractivity contribution in [1.82, 2.24) is 20.3 Å². The summed E-state index contributed by atoms with van der Waals surface area (Å²) in [5.41, 5.74) is 3.48. The molecule has 0 amide bonds. The van der Waals surface area contributed by atoms with Gasteiger partial charge in [0.15, 0.2) is 0 Å². The van der Waals surface area contributed by atoms with Crippen molar-refractivity contribution in [3.63, 3.8) is 0 Å². The van der Waals surface area contributed by atoms with E-state index in [1.54, 1.807) is 10.7 Å². The van der Waals surface area contributed by atoms with Gasteiger partial charge in [0.05, 0.1) is 21.9 Å². The third-order valence-corrected chi connectivity index (χ3v) is 3.85. The molecule has 2 aromatic rings. The molecule has 1 atom stereocenters. The first-order chi connectivity index (χ1) is 8.95. The van der Waals surface area contributed by atoms with E-state index in [4.69, 9.17) is 0 Å². The zero-order chi connectivity index (χ0) is 14.2. The third kappa shape index (κ3) is 2.55. The lowest BCUT2D eigenvalue weighted by Crippen LogP contribution is -2.14. The van der Waals surface area contributed by atoms with Gasteiger partial charge in [0, 0.05) is 0 Å². The number of nitrogens with zero attached hydrogens (tertiary/aromatic N) is 3. The van der Waals surface area contributed by atoms with Crippen molar-refractivity contribution in [3.8, 4) is 5.69 Å². The summed E-state index contributed by atoms with van der Waals surface area (Å²) < 4.78 is 15.6. The van der Waals surface area contributed by atoms with Crippen LogP contribution in [0.1, 0.15) is 29.9 Å². The van der Waals surface area contributed by atoms with Gasteiger partial charge >= 0.3 is 0 Å². The van der Waals surface area contributed by atoms with Gasteiger partial charge in [-0.25, -0.2) is 9.07 Å². The van der Waals surface area contributed by atoms with Crippen molar-refractivity contribution in [1.29, 1.82) is 0 Å². The first kappa shape index (κ1) is 14.1. The minimum Gasteiger partial charge on any atom is -0.312 e. The van der Waals surface area contributed by atoms with Gasteiger partial charge < -0.3 is 5.32 Å². The Morgan fingerprint density at radius 2 is 2.05 bits per heavy atom. The molecule has 102 valence electrons. The first-order valence-electron chi connectivity index (χ1n) is 6.01. The fourth-order valence-electron chi connectivity index (χ4n) is 1.97. The maximum Gasteiger partial charge on any atom is 0.137 e. The summed E-state index contributed by atoms with van der Waals surface area (Å²) in [4.78, 5) is 0. The van der Waals surface area contributed by atoms with Gasteiger partial charge in [0.2, 0.25) is 0 Å². The first-order valence-corrected chi connectivity index (χ1v) is 6.80. The van der Waals surface area contributed by atoms with Crippen LogP contribution in [0.25, 0.3) is 5.69 Å². The van der Waals surface area contributed by atoms with Crippen LogP contribution in [-0.2, 0) is 0 Å². The molecule has 4 nitrogen and oxygen atoms in total. The zero-order valence-corrected chi connectivity index (χ0v) is 12.9. The van der Waals surface area contributed by atoms with Gasteiger partial charge in [-0.2, -0.15) is 0 Å². The molecule has 0 fully saturated rings. The number of hydrogen-bond donors (Lipinski definition) is 1. The molecule has 19 heavy (non-hydrogen) atoms. The standard InChI is InChI=1S/C13H16BrFN4/c1-7-5-11(15)10(14)6-12(7)19-9(3)13(17-18-19)8(2)16-4/h5-6,8,16H,1-4H3. The lowest BCUT2D eigenvalue weighted by atomic mass is 10.1. The summed E-state index contributed by atoms with van der Waals surface area (Å²) in [6.07, 6.45) is 0. The predicted molar refractivity (Wildman–Crippen MR) is 76.0 cm³/mol. The average molecular weight is 327 g/mol. The number of hydrogen-bond acceptors (Lipinski definition) is 3. The largest absolute Gasteiger partial charge is 0.312 e. The second kappa shape index (κ2) is 5.38. The Morgan fingerprint density at radius 3 is 2.68 bits per heavy atom. The Labute approximate surface area is 120 Å². The van der Waals surface area contributed by atoms with Crippen molar-refractivity contribution in [2.24, 2.45) is 0 Å². The minimum atomic E-state index is -0.275. The Balaban J connectivity index is 2.54. The highest BCUT2D eigenvalue weighted by atomic mass is 79.9. The van der Waals surface area contributed by atoms with Crippen LogP contribution >= 0.6 is 15.9 Å². The van der Waals surface area contributed by atoms with Crippen molar-refractivity contribution >= 4 is 15.9 Å². The molecule has 6 heteroatoms. The van der Waals surface area contributed by atoms with Crippen molar-refractivity contribution < 1.29 is 4.39 Å². The number of aromatic nitrogens is 3. The van der Waals surface area contributed by atoms with E-state index in [2.05, 4.69) is 31.6 Å². The van der Waals surface area contributed by atoms with E-state index in [1.807, 2.05) is 27.8 Å². The number of rotatable bonds is 3. The van der Waals surface area contributed by atoms with Gasteiger partial charge in [0.1, 0.15) is 11.5 Å². The summed E-state index contributed by atoms with van der Waals surface area (Å²) >= 11 is 3.20. The van der Waals surface area contributed by atoms with Gasteiger partial charge in [-0.3, -0.25) is 0 Å². The molecule has 0 aliphatic rings. The van der Waals surface area contributed by atoms with Crippen molar-refractivity contribution in [2.75, 3.05) is 7.05 Å². The summed E-state index contributed by atoms with van der Waals surface area (Å²) in [6, 6.07) is 3.33. The quantitative estimate of drug-likeness (QED) is 0.942. The van der Waals surface area contributed by atoms with E-state index in [0.717, 1.165) is 22.6 Å². The molecular weight excluding hydrogens is 311 g/mol. The number of halogens is 2. The van der Waals surface area contributed by atoms with Crippen LogP contribution in [0.5, 0.6) is 0 Å². The Kier molecular flexibility index (Phi) is 4.01. The molecule has 0 spiro atoms. The van der Waals surface area contributed by atoms with E-state index in [9.17, 15) is 4.39 Å². The molecule has 2 rings (SSSR count). The molecule has 1 unspecified atom stereocenters. The highest BCUT2D eigenvalue weighted by Crippen LogP contribution is 2.25. The second-order valence-corrected chi connectivity index (χ2v) is 5.39. The summed E-state index contributed by atoms with van der Waals surface area (Å²) in [7, 11) is 1.88. The van der Waals surface area contributed by atoms with Crippen LogP contribution in [-0.4, -0.2) is 22.0 Å². The minimum absolute atomic E-state index is 0.123. The summed E-state index contributed by atoms with van der Waals surface area (Å²) in [6.45, 7) is 5.84. The molecule has 0 saturated carbocycles. The molecule has 1 aromatic carbocycles. The van der Waals surface area contributed by atoms with Crippen LogP contribution in [0.3, 0.4) is 0 Å². The predicted octanol–water partition coefficient (Wildman–Crippen LogP) is 3.07. The van der Waals surface area contributed by atoms with Gasteiger partial charge in [0.25, 0.3) is 0 Å². The average Bonchev–Trinajstić information content (AvgIpc) is 2.75. The van der Waals surface area contributed by atoms with Gasteiger partial charge in [-0.15, -0.1) is 5.10 Å². The van der Waals surface area contributed by atoms with Gasteiger partial charge in [-0.05, 0) is 61.4 Å².